The number of nitrogens with zero attached hydrogens (tertiary/aromatic N) is 1. The molecule has 20 heavy (non-hydrogen) atoms. The number of methoxy groups -OCH3 is 1. The summed E-state index contributed by atoms with van der Waals surface area (Å²) in [5.41, 5.74) is 2.90. The first-order chi connectivity index (χ1) is 9.86. The molecule has 0 aromatic heterocycles. The number of hydrogen-bond acceptors (Lipinski definition) is 3. The molecule has 2 aromatic rings. The zero-order chi connectivity index (χ0) is 14.2. The Morgan fingerprint density at radius 2 is 1.65 bits per heavy atom. The summed E-state index contributed by atoms with van der Waals surface area (Å²) in [6.45, 7) is 0.401. The van der Waals surface area contributed by atoms with E-state index < -0.39 is 0 Å². The van der Waals surface area contributed by atoms with E-state index in [4.69, 9.17) is 9.84 Å². The Morgan fingerprint density at radius 3 is 2.20 bits per heavy atom. The van der Waals surface area contributed by atoms with E-state index in [0.29, 0.717) is 6.54 Å². The minimum Gasteiger partial charge on any atom is -0.394 e. The number of aliphatic hydroxyl groups excluding tert-OH is 1. The van der Waals surface area contributed by atoms with Crippen molar-refractivity contribution in [3.63, 3.8) is 0 Å². The van der Waals surface area contributed by atoms with Crippen LogP contribution in [0.25, 0.3) is 0 Å². The summed E-state index contributed by atoms with van der Waals surface area (Å²) in [7, 11) is 1.68. The summed E-state index contributed by atoms with van der Waals surface area (Å²) in [5, 5.41) is 9.04. The van der Waals surface area contributed by atoms with Crippen LogP contribution in [0.1, 0.15) is 17.2 Å². The maximum atomic E-state index is 9.04. The van der Waals surface area contributed by atoms with Crippen molar-refractivity contribution in [3.05, 3.63) is 71.8 Å². The van der Waals surface area contributed by atoms with Crippen LogP contribution in [0.3, 0.4) is 0 Å². The summed E-state index contributed by atoms with van der Waals surface area (Å²) < 4.78 is 5.64. The van der Waals surface area contributed by atoms with E-state index in [1.807, 2.05) is 60.7 Å². The van der Waals surface area contributed by atoms with Crippen LogP contribution in [-0.4, -0.2) is 31.1 Å². The van der Waals surface area contributed by atoms with Crippen LogP contribution in [-0.2, 0) is 4.74 Å². The van der Waals surface area contributed by atoms with Gasteiger partial charge < -0.3 is 9.84 Å². The first-order valence-corrected chi connectivity index (χ1v) is 6.65. The largest absolute Gasteiger partial charge is 0.394 e. The first kappa shape index (κ1) is 14.4. The van der Waals surface area contributed by atoms with Crippen molar-refractivity contribution >= 4 is 5.71 Å². The van der Waals surface area contributed by atoms with E-state index in [1.165, 1.54) is 0 Å². The Bertz CT molecular complexity index is 537. The van der Waals surface area contributed by atoms with E-state index >= 15 is 0 Å². The quantitative estimate of drug-likeness (QED) is 0.819. The van der Waals surface area contributed by atoms with Crippen LogP contribution < -0.4 is 0 Å². The van der Waals surface area contributed by atoms with E-state index in [9.17, 15) is 0 Å². The zero-order valence-electron chi connectivity index (χ0n) is 11.6. The third kappa shape index (κ3) is 3.53. The van der Waals surface area contributed by atoms with Crippen molar-refractivity contribution in [2.75, 3.05) is 20.3 Å². The second-order valence-electron chi connectivity index (χ2n) is 4.38. The van der Waals surface area contributed by atoms with Crippen molar-refractivity contribution < 1.29 is 9.84 Å². The Kier molecular flexibility index (Phi) is 5.47. The standard InChI is InChI=1S/C17H19NO2/c1-20-17(15-10-6-3-7-11-15)16(18-12-13-19)14-8-4-2-5-9-14/h2-11,17,19H,12-13H2,1H3/b18-16+. The van der Waals surface area contributed by atoms with Crippen molar-refractivity contribution in [2.24, 2.45) is 4.99 Å². The van der Waals surface area contributed by atoms with Gasteiger partial charge in [-0.05, 0) is 11.1 Å². The van der Waals surface area contributed by atoms with Crippen LogP contribution in [0.4, 0.5) is 0 Å². The number of ether oxygens (including phenoxy) is 1. The van der Waals surface area contributed by atoms with Gasteiger partial charge in [-0.25, -0.2) is 0 Å². The van der Waals surface area contributed by atoms with Gasteiger partial charge in [0.05, 0.1) is 18.9 Å². The van der Waals surface area contributed by atoms with Crippen LogP contribution in [0.2, 0.25) is 0 Å². The molecule has 0 aliphatic carbocycles. The minimum absolute atomic E-state index is 0.0293. The number of benzene rings is 2. The molecular weight excluding hydrogens is 250 g/mol. The summed E-state index contributed by atoms with van der Waals surface area (Å²) >= 11 is 0. The van der Waals surface area contributed by atoms with Gasteiger partial charge in [-0.2, -0.15) is 0 Å². The van der Waals surface area contributed by atoms with Gasteiger partial charge in [0.25, 0.3) is 0 Å². The molecule has 2 rings (SSSR count). The first-order valence-electron chi connectivity index (χ1n) is 6.65. The molecule has 3 heteroatoms. The third-order valence-corrected chi connectivity index (χ3v) is 3.04. The molecule has 0 aliphatic heterocycles. The molecule has 3 nitrogen and oxygen atoms in total. The maximum absolute atomic E-state index is 9.04. The Labute approximate surface area is 119 Å². The van der Waals surface area contributed by atoms with Gasteiger partial charge in [-0.3, -0.25) is 4.99 Å². The Morgan fingerprint density at radius 1 is 1.05 bits per heavy atom. The molecular formula is C17H19NO2. The molecule has 0 saturated carbocycles. The molecule has 0 fully saturated rings. The second-order valence-corrected chi connectivity index (χ2v) is 4.38. The highest BCUT2D eigenvalue weighted by molar-refractivity contribution is 6.04. The smallest absolute Gasteiger partial charge is 0.124 e. The van der Waals surface area contributed by atoms with Crippen molar-refractivity contribution in [1.82, 2.24) is 0 Å². The number of aliphatic hydroxyl groups is 1. The highest BCUT2D eigenvalue weighted by Gasteiger charge is 2.18. The summed E-state index contributed by atoms with van der Waals surface area (Å²) in [5.74, 6) is 0. The average molecular weight is 269 g/mol. The van der Waals surface area contributed by atoms with E-state index in [0.717, 1.165) is 16.8 Å². The van der Waals surface area contributed by atoms with Gasteiger partial charge >= 0.3 is 0 Å². The fourth-order valence-electron chi connectivity index (χ4n) is 2.14. The molecule has 0 heterocycles. The maximum Gasteiger partial charge on any atom is 0.124 e. The predicted molar refractivity (Wildman–Crippen MR) is 81.1 cm³/mol. The Hall–Kier alpha value is -1.97. The van der Waals surface area contributed by atoms with Gasteiger partial charge in [0.15, 0.2) is 0 Å². The average Bonchev–Trinajstić information content (AvgIpc) is 2.53. The van der Waals surface area contributed by atoms with Crippen molar-refractivity contribution in [1.29, 1.82) is 0 Å². The van der Waals surface area contributed by atoms with Gasteiger partial charge in [0, 0.05) is 7.11 Å². The third-order valence-electron chi connectivity index (χ3n) is 3.04. The lowest BCUT2D eigenvalue weighted by atomic mass is 9.99. The van der Waals surface area contributed by atoms with Gasteiger partial charge in [-0.1, -0.05) is 60.7 Å². The van der Waals surface area contributed by atoms with Crippen molar-refractivity contribution in [2.45, 2.75) is 6.10 Å². The molecule has 0 saturated heterocycles. The fourth-order valence-corrected chi connectivity index (χ4v) is 2.14. The summed E-state index contributed by atoms with van der Waals surface area (Å²) in [6.07, 6.45) is -0.231. The molecule has 1 atom stereocenters. The fraction of sp³-hybridized carbons (Fsp3) is 0.235. The summed E-state index contributed by atoms with van der Waals surface area (Å²) in [6, 6.07) is 19.9. The highest BCUT2D eigenvalue weighted by Crippen LogP contribution is 2.22. The number of aliphatic imine (C=N–C) groups is 1. The normalized spacial score (nSPS) is 13.2. The number of rotatable bonds is 6. The lowest BCUT2D eigenvalue weighted by Crippen LogP contribution is -2.17. The lowest BCUT2D eigenvalue weighted by molar-refractivity contribution is 0.158. The number of hydrogen-bond donors (Lipinski definition) is 1. The van der Waals surface area contributed by atoms with Crippen LogP contribution in [0, 0.1) is 0 Å². The molecule has 0 spiro atoms. The zero-order valence-corrected chi connectivity index (χ0v) is 11.6. The van der Waals surface area contributed by atoms with E-state index in [2.05, 4.69) is 4.99 Å². The predicted octanol–water partition coefficient (Wildman–Crippen LogP) is 2.86. The van der Waals surface area contributed by atoms with Crippen molar-refractivity contribution in [3.8, 4) is 0 Å². The molecule has 0 bridgehead atoms. The van der Waals surface area contributed by atoms with Crippen LogP contribution in [0.5, 0.6) is 0 Å². The molecule has 0 radical (unpaired) electrons. The van der Waals surface area contributed by atoms with E-state index in [-0.39, 0.29) is 12.7 Å². The summed E-state index contributed by atoms with van der Waals surface area (Å²) in [4.78, 5) is 4.50. The lowest BCUT2D eigenvalue weighted by Gasteiger charge is -2.19. The van der Waals surface area contributed by atoms with Gasteiger partial charge in [0.2, 0.25) is 0 Å². The molecule has 104 valence electrons. The minimum atomic E-state index is -0.231. The Balaban J connectivity index is 2.40. The van der Waals surface area contributed by atoms with E-state index in [1.54, 1.807) is 7.11 Å². The molecule has 0 amide bonds. The van der Waals surface area contributed by atoms with Gasteiger partial charge in [-0.15, -0.1) is 0 Å². The molecule has 2 aromatic carbocycles. The molecule has 1 unspecified atom stereocenters. The monoisotopic (exact) mass is 269 g/mol. The van der Waals surface area contributed by atoms with Crippen LogP contribution >= 0.6 is 0 Å². The second kappa shape index (κ2) is 7.58. The molecule has 0 aliphatic rings. The highest BCUT2D eigenvalue weighted by atomic mass is 16.5. The topological polar surface area (TPSA) is 41.8 Å². The molecule has 1 N–H and O–H groups in total. The van der Waals surface area contributed by atoms with Crippen LogP contribution in [0.15, 0.2) is 65.7 Å². The SMILES string of the molecule is COC(/C(=N/CCO)c1ccccc1)c1ccccc1. The van der Waals surface area contributed by atoms with Gasteiger partial charge in [0.1, 0.15) is 6.10 Å².